The largest absolute Gasteiger partial charge is 0.346 e. The molecule has 126 valence electrons. The van der Waals surface area contributed by atoms with E-state index in [0.717, 1.165) is 0 Å². The minimum absolute atomic E-state index is 0.0903. The predicted molar refractivity (Wildman–Crippen MR) is 95.9 cm³/mol. The predicted octanol–water partition coefficient (Wildman–Crippen LogP) is 4.17. The van der Waals surface area contributed by atoms with Gasteiger partial charge in [-0.1, -0.05) is 35.3 Å². The summed E-state index contributed by atoms with van der Waals surface area (Å²) in [5.41, 5.74) is 0.148. The third-order valence-electron chi connectivity index (χ3n) is 2.90. The number of hydrogen-bond acceptors (Lipinski definition) is 3. The highest BCUT2D eigenvalue weighted by Gasteiger charge is 2.18. The zero-order chi connectivity index (χ0) is 17.9. The van der Waals surface area contributed by atoms with E-state index in [1.165, 1.54) is 6.07 Å². The maximum Gasteiger partial charge on any atom is 0.274 e. The number of pyridine rings is 1. The SMILES string of the molecule is CC(C)(C)NC(=O)c1cccc(C(=O)Nc2c(Cl)cccc2Cl)n1. The number of carbonyl (C=O) groups excluding carboxylic acids is 2. The molecule has 1 aromatic heterocycles. The van der Waals surface area contributed by atoms with Gasteiger partial charge in [-0.15, -0.1) is 0 Å². The van der Waals surface area contributed by atoms with Gasteiger partial charge in [-0.2, -0.15) is 0 Å². The summed E-state index contributed by atoms with van der Waals surface area (Å²) in [5.74, 6) is -0.858. The fraction of sp³-hybridized carbons (Fsp3) is 0.235. The molecule has 0 saturated carbocycles. The van der Waals surface area contributed by atoms with Gasteiger partial charge in [0.15, 0.2) is 0 Å². The van der Waals surface area contributed by atoms with Crippen molar-refractivity contribution in [2.24, 2.45) is 0 Å². The van der Waals surface area contributed by atoms with Crippen molar-refractivity contribution in [2.75, 3.05) is 5.32 Å². The Morgan fingerprint density at radius 2 is 1.42 bits per heavy atom. The first-order chi connectivity index (χ1) is 11.2. The average molecular weight is 366 g/mol. The van der Waals surface area contributed by atoms with Crippen molar-refractivity contribution in [3.8, 4) is 0 Å². The molecular formula is C17H17Cl2N3O2. The number of anilines is 1. The number of nitrogens with one attached hydrogen (secondary N) is 2. The van der Waals surface area contributed by atoms with Gasteiger partial charge in [0.25, 0.3) is 11.8 Å². The Hall–Kier alpha value is -2.11. The van der Waals surface area contributed by atoms with Crippen LogP contribution in [0.15, 0.2) is 36.4 Å². The van der Waals surface area contributed by atoms with E-state index in [1.807, 2.05) is 20.8 Å². The minimum atomic E-state index is -0.504. The van der Waals surface area contributed by atoms with Gasteiger partial charge in [0.05, 0.1) is 15.7 Å². The second kappa shape index (κ2) is 7.20. The van der Waals surface area contributed by atoms with Crippen LogP contribution in [0, 0.1) is 0 Å². The van der Waals surface area contributed by atoms with Gasteiger partial charge in [-0.05, 0) is 45.0 Å². The van der Waals surface area contributed by atoms with Gasteiger partial charge in [-0.25, -0.2) is 4.98 Å². The normalized spacial score (nSPS) is 11.0. The molecule has 2 amide bonds. The monoisotopic (exact) mass is 365 g/mol. The summed E-state index contributed by atoms with van der Waals surface area (Å²) in [5, 5.41) is 6.04. The Balaban J connectivity index is 2.22. The number of aromatic nitrogens is 1. The highest BCUT2D eigenvalue weighted by atomic mass is 35.5. The van der Waals surface area contributed by atoms with Crippen molar-refractivity contribution in [1.29, 1.82) is 0 Å². The summed E-state index contributed by atoms with van der Waals surface area (Å²) in [7, 11) is 0. The Kier molecular flexibility index (Phi) is 5.47. The molecule has 0 aliphatic rings. The lowest BCUT2D eigenvalue weighted by Crippen LogP contribution is -2.41. The van der Waals surface area contributed by atoms with Gasteiger partial charge in [-0.3, -0.25) is 9.59 Å². The highest BCUT2D eigenvalue weighted by Crippen LogP contribution is 2.30. The number of benzene rings is 1. The number of carbonyl (C=O) groups is 2. The van der Waals surface area contributed by atoms with Crippen molar-refractivity contribution in [2.45, 2.75) is 26.3 Å². The molecule has 7 heteroatoms. The van der Waals surface area contributed by atoms with Crippen LogP contribution in [0.4, 0.5) is 5.69 Å². The van der Waals surface area contributed by atoms with E-state index in [0.29, 0.717) is 15.7 Å². The molecule has 0 saturated heterocycles. The van der Waals surface area contributed by atoms with E-state index in [-0.39, 0.29) is 17.3 Å². The first-order valence-electron chi connectivity index (χ1n) is 7.22. The highest BCUT2D eigenvalue weighted by molar-refractivity contribution is 6.40. The lowest BCUT2D eigenvalue weighted by atomic mass is 10.1. The fourth-order valence-electron chi connectivity index (χ4n) is 1.89. The van der Waals surface area contributed by atoms with Crippen LogP contribution < -0.4 is 10.6 Å². The molecule has 0 aliphatic carbocycles. The fourth-order valence-corrected chi connectivity index (χ4v) is 2.38. The van der Waals surface area contributed by atoms with Crippen LogP contribution >= 0.6 is 23.2 Å². The molecule has 0 unspecified atom stereocenters. The van der Waals surface area contributed by atoms with Crippen molar-refractivity contribution in [1.82, 2.24) is 10.3 Å². The van der Waals surface area contributed by atoms with Crippen molar-refractivity contribution in [3.05, 3.63) is 57.8 Å². The molecule has 0 bridgehead atoms. The molecule has 0 fully saturated rings. The topological polar surface area (TPSA) is 71.1 Å². The Bertz CT molecular complexity index is 765. The minimum Gasteiger partial charge on any atom is -0.346 e. The van der Waals surface area contributed by atoms with Gasteiger partial charge >= 0.3 is 0 Å². The van der Waals surface area contributed by atoms with E-state index < -0.39 is 11.4 Å². The van der Waals surface area contributed by atoms with Crippen LogP contribution in [0.5, 0.6) is 0 Å². The first kappa shape index (κ1) is 18.2. The second-order valence-corrected chi connectivity index (χ2v) is 6.98. The summed E-state index contributed by atoms with van der Waals surface area (Å²) < 4.78 is 0. The van der Waals surface area contributed by atoms with Gasteiger partial charge in [0.1, 0.15) is 11.4 Å². The Morgan fingerprint density at radius 1 is 0.917 bits per heavy atom. The molecule has 24 heavy (non-hydrogen) atoms. The van der Waals surface area contributed by atoms with Crippen LogP contribution in [0.1, 0.15) is 41.7 Å². The van der Waals surface area contributed by atoms with Gasteiger partial charge in [0, 0.05) is 5.54 Å². The van der Waals surface area contributed by atoms with Crippen molar-refractivity contribution in [3.63, 3.8) is 0 Å². The molecule has 0 aliphatic heterocycles. The number of amides is 2. The third-order valence-corrected chi connectivity index (χ3v) is 3.53. The molecule has 1 heterocycles. The summed E-state index contributed by atoms with van der Waals surface area (Å²) in [6.07, 6.45) is 0. The molecule has 0 radical (unpaired) electrons. The van der Waals surface area contributed by atoms with Crippen molar-refractivity contribution < 1.29 is 9.59 Å². The number of para-hydroxylation sites is 1. The lowest BCUT2D eigenvalue weighted by Gasteiger charge is -2.20. The van der Waals surface area contributed by atoms with E-state index in [4.69, 9.17) is 23.2 Å². The Labute approximate surface area is 150 Å². The summed E-state index contributed by atoms with van der Waals surface area (Å²) >= 11 is 12.1. The number of hydrogen-bond donors (Lipinski definition) is 2. The summed E-state index contributed by atoms with van der Waals surface area (Å²) in [6.45, 7) is 5.59. The number of nitrogens with zero attached hydrogens (tertiary/aromatic N) is 1. The molecule has 1 aromatic carbocycles. The van der Waals surface area contributed by atoms with E-state index >= 15 is 0 Å². The maximum atomic E-state index is 12.4. The summed E-state index contributed by atoms with van der Waals surface area (Å²) in [4.78, 5) is 28.6. The molecule has 0 atom stereocenters. The zero-order valence-corrected chi connectivity index (χ0v) is 15.0. The van der Waals surface area contributed by atoms with Crippen LogP contribution in [0.2, 0.25) is 10.0 Å². The zero-order valence-electron chi connectivity index (χ0n) is 13.5. The first-order valence-corrected chi connectivity index (χ1v) is 7.98. The molecule has 2 N–H and O–H groups in total. The molecule has 5 nitrogen and oxygen atoms in total. The second-order valence-electron chi connectivity index (χ2n) is 6.16. The number of halogens is 2. The quantitative estimate of drug-likeness (QED) is 0.857. The van der Waals surface area contributed by atoms with Crippen molar-refractivity contribution >= 4 is 40.7 Å². The molecule has 2 rings (SSSR count). The molecular weight excluding hydrogens is 349 g/mol. The van der Waals surface area contributed by atoms with Crippen LogP contribution in [0.3, 0.4) is 0 Å². The van der Waals surface area contributed by atoms with Gasteiger partial charge in [0.2, 0.25) is 0 Å². The Morgan fingerprint density at radius 3 is 1.96 bits per heavy atom. The van der Waals surface area contributed by atoms with E-state index in [2.05, 4.69) is 15.6 Å². The van der Waals surface area contributed by atoms with Crippen LogP contribution in [-0.2, 0) is 0 Å². The van der Waals surface area contributed by atoms with E-state index in [9.17, 15) is 9.59 Å². The van der Waals surface area contributed by atoms with Gasteiger partial charge < -0.3 is 10.6 Å². The maximum absolute atomic E-state index is 12.4. The lowest BCUT2D eigenvalue weighted by molar-refractivity contribution is 0.0914. The standard InChI is InChI=1S/C17H17Cl2N3O2/c1-17(2,3)22-16(24)13-9-5-8-12(20-13)15(23)21-14-10(18)6-4-7-11(14)19/h4-9H,1-3H3,(H,21,23)(H,22,24). The number of rotatable bonds is 3. The van der Waals surface area contributed by atoms with E-state index in [1.54, 1.807) is 30.3 Å². The molecule has 0 spiro atoms. The smallest absolute Gasteiger partial charge is 0.274 e. The molecule has 2 aromatic rings. The summed E-state index contributed by atoms with van der Waals surface area (Å²) in [6, 6.07) is 9.55. The third kappa shape index (κ3) is 4.69. The average Bonchev–Trinajstić information content (AvgIpc) is 2.49. The van der Waals surface area contributed by atoms with Crippen LogP contribution in [-0.4, -0.2) is 22.3 Å². The van der Waals surface area contributed by atoms with Crippen LogP contribution in [0.25, 0.3) is 0 Å².